The number of hydrogen-bond acceptors (Lipinski definition) is 4. The van der Waals surface area contributed by atoms with Gasteiger partial charge in [-0.15, -0.1) is 0 Å². The first-order chi connectivity index (χ1) is 11.8. The Labute approximate surface area is 153 Å². The normalized spacial score (nSPS) is 17.4. The van der Waals surface area contributed by atoms with E-state index in [9.17, 15) is 9.59 Å². The van der Waals surface area contributed by atoms with E-state index in [0.29, 0.717) is 16.4 Å². The Bertz CT molecular complexity index is 743. The van der Waals surface area contributed by atoms with E-state index < -0.39 is 12.0 Å². The van der Waals surface area contributed by atoms with Crippen LogP contribution >= 0.6 is 12.2 Å². The van der Waals surface area contributed by atoms with E-state index in [0.717, 1.165) is 11.3 Å². The zero-order valence-electron chi connectivity index (χ0n) is 15.0. The lowest BCUT2D eigenvalue weighted by atomic mass is 9.95. The zero-order valence-corrected chi connectivity index (χ0v) is 15.9. The van der Waals surface area contributed by atoms with E-state index in [2.05, 4.69) is 10.6 Å². The summed E-state index contributed by atoms with van der Waals surface area (Å²) in [6, 6.07) is 6.92. The molecule has 25 heavy (non-hydrogen) atoms. The molecule has 0 saturated heterocycles. The number of rotatable bonds is 4. The van der Waals surface area contributed by atoms with Gasteiger partial charge in [-0.25, -0.2) is 4.79 Å². The molecule has 1 aromatic rings. The summed E-state index contributed by atoms with van der Waals surface area (Å²) in [6.07, 6.45) is 0. The second-order valence-corrected chi connectivity index (χ2v) is 6.59. The predicted octanol–water partition coefficient (Wildman–Crippen LogP) is 2.59. The van der Waals surface area contributed by atoms with Gasteiger partial charge in [-0.1, -0.05) is 26.0 Å². The highest BCUT2D eigenvalue weighted by Crippen LogP contribution is 2.31. The summed E-state index contributed by atoms with van der Waals surface area (Å²) in [4.78, 5) is 26.0. The van der Waals surface area contributed by atoms with Crippen LogP contribution < -0.4 is 10.6 Å². The second-order valence-electron chi connectivity index (χ2n) is 6.20. The SMILES string of the molecule is COC(=O)C1=C(C)N(C)C(=S)NC1c1cccc(NC(=O)C(C)C)c1. The van der Waals surface area contributed by atoms with Crippen LogP contribution in [0, 0.1) is 5.92 Å². The number of anilines is 1. The second kappa shape index (κ2) is 7.65. The van der Waals surface area contributed by atoms with E-state index >= 15 is 0 Å². The van der Waals surface area contributed by atoms with Gasteiger partial charge in [-0.05, 0) is 36.8 Å². The van der Waals surface area contributed by atoms with Crippen LogP contribution in [-0.2, 0) is 14.3 Å². The third-order valence-electron chi connectivity index (χ3n) is 4.17. The fraction of sp³-hybridized carbons (Fsp3) is 0.389. The smallest absolute Gasteiger partial charge is 0.337 e. The van der Waals surface area contributed by atoms with Crippen LogP contribution in [0.1, 0.15) is 32.4 Å². The lowest BCUT2D eigenvalue weighted by Gasteiger charge is -2.35. The van der Waals surface area contributed by atoms with Gasteiger partial charge in [0.15, 0.2) is 5.11 Å². The molecule has 0 radical (unpaired) electrons. The molecule has 0 fully saturated rings. The molecule has 1 aliphatic rings. The summed E-state index contributed by atoms with van der Waals surface area (Å²) in [7, 11) is 3.15. The minimum absolute atomic E-state index is 0.0658. The van der Waals surface area contributed by atoms with Gasteiger partial charge in [-0.2, -0.15) is 0 Å². The van der Waals surface area contributed by atoms with Crippen molar-refractivity contribution < 1.29 is 14.3 Å². The van der Waals surface area contributed by atoms with E-state index in [1.165, 1.54) is 7.11 Å². The maximum absolute atomic E-state index is 12.3. The van der Waals surface area contributed by atoms with Crippen LogP contribution in [0.25, 0.3) is 0 Å². The number of nitrogens with zero attached hydrogens (tertiary/aromatic N) is 1. The van der Waals surface area contributed by atoms with Crippen molar-refractivity contribution in [2.24, 2.45) is 5.92 Å². The minimum Gasteiger partial charge on any atom is -0.466 e. The largest absolute Gasteiger partial charge is 0.466 e. The fourth-order valence-corrected chi connectivity index (χ4v) is 2.80. The Hall–Kier alpha value is -2.41. The molecule has 1 amide bonds. The number of carbonyl (C=O) groups is 2. The number of carbonyl (C=O) groups excluding carboxylic acids is 2. The third-order valence-corrected chi connectivity index (χ3v) is 4.56. The number of methoxy groups -OCH3 is 1. The number of esters is 1. The van der Waals surface area contributed by atoms with Crippen molar-refractivity contribution in [1.29, 1.82) is 0 Å². The van der Waals surface area contributed by atoms with Crippen molar-refractivity contribution in [3.05, 3.63) is 41.1 Å². The van der Waals surface area contributed by atoms with Crippen LogP contribution in [0.5, 0.6) is 0 Å². The number of thiocarbonyl (C=S) groups is 1. The Morgan fingerprint density at radius 3 is 2.64 bits per heavy atom. The fourth-order valence-electron chi connectivity index (χ4n) is 2.54. The molecule has 134 valence electrons. The summed E-state index contributed by atoms with van der Waals surface area (Å²) in [5, 5.41) is 6.56. The Balaban J connectivity index is 2.43. The van der Waals surface area contributed by atoms with Gasteiger partial charge < -0.3 is 20.3 Å². The maximum atomic E-state index is 12.3. The van der Waals surface area contributed by atoms with E-state index in [-0.39, 0.29) is 11.8 Å². The van der Waals surface area contributed by atoms with Gasteiger partial charge in [0, 0.05) is 24.4 Å². The van der Waals surface area contributed by atoms with Crippen molar-refractivity contribution in [3.63, 3.8) is 0 Å². The Morgan fingerprint density at radius 1 is 1.36 bits per heavy atom. The average Bonchev–Trinajstić information content (AvgIpc) is 2.58. The number of allylic oxidation sites excluding steroid dienone is 1. The van der Waals surface area contributed by atoms with Gasteiger partial charge in [0.25, 0.3) is 0 Å². The molecule has 1 atom stereocenters. The number of amides is 1. The standard InChI is InChI=1S/C18H23N3O3S/c1-10(2)16(22)19-13-8-6-7-12(9-13)15-14(17(23)24-5)11(3)21(4)18(25)20-15/h6-10,15H,1-5H3,(H,19,22)(H,20,25). The molecule has 7 heteroatoms. The van der Waals surface area contributed by atoms with Crippen LogP contribution in [0.3, 0.4) is 0 Å². The molecule has 1 heterocycles. The predicted molar refractivity (Wildman–Crippen MR) is 101 cm³/mol. The topological polar surface area (TPSA) is 70.7 Å². The van der Waals surface area contributed by atoms with Gasteiger partial charge in [0.1, 0.15) is 0 Å². The molecule has 1 unspecified atom stereocenters. The van der Waals surface area contributed by atoms with Crippen molar-refractivity contribution in [1.82, 2.24) is 10.2 Å². The summed E-state index contributed by atoms with van der Waals surface area (Å²) in [5.41, 5.74) is 2.71. The molecule has 0 aliphatic carbocycles. The number of benzene rings is 1. The maximum Gasteiger partial charge on any atom is 0.337 e. The van der Waals surface area contributed by atoms with E-state index in [4.69, 9.17) is 17.0 Å². The van der Waals surface area contributed by atoms with Crippen LogP contribution in [0.2, 0.25) is 0 Å². The van der Waals surface area contributed by atoms with Crippen molar-refractivity contribution in [3.8, 4) is 0 Å². The van der Waals surface area contributed by atoms with Gasteiger partial charge in [0.05, 0.1) is 18.7 Å². The van der Waals surface area contributed by atoms with Gasteiger partial charge >= 0.3 is 5.97 Å². The molecule has 0 spiro atoms. The molecule has 2 N–H and O–H groups in total. The lowest BCUT2D eigenvalue weighted by Crippen LogP contribution is -2.46. The van der Waals surface area contributed by atoms with Gasteiger partial charge in [-0.3, -0.25) is 4.79 Å². The summed E-state index contributed by atoms with van der Waals surface area (Å²) in [6.45, 7) is 5.49. The number of nitrogens with one attached hydrogen (secondary N) is 2. The summed E-state index contributed by atoms with van der Waals surface area (Å²) in [5.74, 6) is -0.602. The van der Waals surface area contributed by atoms with E-state index in [1.54, 1.807) is 11.9 Å². The first kappa shape index (κ1) is 18.9. The molecule has 1 aliphatic heterocycles. The quantitative estimate of drug-likeness (QED) is 0.635. The molecule has 2 rings (SSSR count). The van der Waals surface area contributed by atoms with Crippen LogP contribution in [0.4, 0.5) is 5.69 Å². The van der Waals surface area contributed by atoms with Crippen molar-refractivity contribution >= 4 is 34.9 Å². The highest BCUT2D eigenvalue weighted by molar-refractivity contribution is 7.80. The molecule has 0 aromatic heterocycles. The Morgan fingerprint density at radius 2 is 2.04 bits per heavy atom. The monoisotopic (exact) mass is 361 g/mol. The molecule has 0 bridgehead atoms. The summed E-state index contributed by atoms with van der Waals surface area (Å²) < 4.78 is 4.95. The highest BCUT2D eigenvalue weighted by Gasteiger charge is 2.33. The van der Waals surface area contributed by atoms with Crippen molar-refractivity contribution in [2.45, 2.75) is 26.8 Å². The number of ether oxygens (including phenoxy) is 1. The first-order valence-corrected chi connectivity index (χ1v) is 8.41. The molecular weight excluding hydrogens is 338 g/mol. The molecule has 1 aromatic carbocycles. The third kappa shape index (κ3) is 3.99. The minimum atomic E-state index is -0.438. The lowest BCUT2D eigenvalue weighted by molar-refractivity contribution is -0.136. The van der Waals surface area contributed by atoms with Crippen molar-refractivity contribution in [2.75, 3.05) is 19.5 Å². The van der Waals surface area contributed by atoms with E-state index in [1.807, 2.05) is 45.0 Å². The average molecular weight is 361 g/mol. The Kier molecular flexibility index (Phi) is 5.79. The first-order valence-electron chi connectivity index (χ1n) is 8.00. The molecular formula is C18H23N3O3S. The highest BCUT2D eigenvalue weighted by atomic mass is 32.1. The summed E-state index contributed by atoms with van der Waals surface area (Å²) >= 11 is 5.35. The number of hydrogen-bond donors (Lipinski definition) is 2. The van der Waals surface area contributed by atoms with Crippen LogP contribution in [-0.4, -0.2) is 36.0 Å². The molecule has 0 saturated carbocycles. The molecule has 6 nitrogen and oxygen atoms in total. The zero-order chi connectivity index (χ0) is 18.7. The van der Waals surface area contributed by atoms with Gasteiger partial charge in [0.2, 0.25) is 5.91 Å². The van der Waals surface area contributed by atoms with Crippen LogP contribution in [0.15, 0.2) is 35.5 Å².